The Bertz CT molecular complexity index is 682. The summed E-state index contributed by atoms with van der Waals surface area (Å²) in [6.07, 6.45) is 0.306. The molecule has 2 atom stereocenters. The maximum absolute atomic E-state index is 12.3. The van der Waals surface area contributed by atoms with Crippen LogP contribution in [0.2, 0.25) is 0 Å². The van der Waals surface area contributed by atoms with E-state index in [0.717, 1.165) is 23.5 Å². The average Bonchev–Trinajstić information content (AvgIpc) is 2.61. The van der Waals surface area contributed by atoms with Crippen LogP contribution in [0.5, 0.6) is 11.5 Å². The number of aryl methyl sites for hydroxylation is 2. The molecule has 2 aromatic rings. The first-order chi connectivity index (χ1) is 12.0. The number of carbonyl (C=O) groups excluding carboxylic acids is 1. The summed E-state index contributed by atoms with van der Waals surface area (Å²) in [4.78, 5) is 12.3. The standard InChI is InChI=1S/C21H27NO3/c1-5-18-8-6-7-9-20(18)25-17(4)21(23)22-16(3)14-24-19-12-10-15(2)11-13-19/h6-13,16-17H,5,14H2,1-4H3,(H,22,23). The third-order valence-electron chi connectivity index (χ3n) is 3.94. The van der Waals surface area contributed by atoms with Crippen LogP contribution in [0.15, 0.2) is 48.5 Å². The zero-order valence-corrected chi connectivity index (χ0v) is 15.4. The summed E-state index contributed by atoms with van der Waals surface area (Å²) in [5.74, 6) is 1.41. The number of benzene rings is 2. The fraction of sp³-hybridized carbons (Fsp3) is 0.381. The number of para-hydroxylation sites is 1. The predicted molar refractivity (Wildman–Crippen MR) is 100 cm³/mol. The molecule has 1 N–H and O–H groups in total. The number of hydrogen-bond donors (Lipinski definition) is 1. The van der Waals surface area contributed by atoms with Gasteiger partial charge >= 0.3 is 0 Å². The Morgan fingerprint density at radius 3 is 2.44 bits per heavy atom. The van der Waals surface area contributed by atoms with Crippen LogP contribution in [0.4, 0.5) is 0 Å². The monoisotopic (exact) mass is 341 g/mol. The van der Waals surface area contributed by atoms with Crippen molar-refractivity contribution < 1.29 is 14.3 Å². The maximum Gasteiger partial charge on any atom is 0.261 e. The van der Waals surface area contributed by atoms with Crippen molar-refractivity contribution in [2.45, 2.75) is 46.3 Å². The van der Waals surface area contributed by atoms with Crippen molar-refractivity contribution in [1.29, 1.82) is 0 Å². The van der Waals surface area contributed by atoms with Gasteiger partial charge in [-0.05, 0) is 51.0 Å². The molecular weight excluding hydrogens is 314 g/mol. The average molecular weight is 341 g/mol. The van der Waals surface area contributed by atoms with Gasteiger partial charge < -0.3 is 14.8 Å². The van der Waals surface area contributed by atoms with Crippen LogP contribution < -0.4 is 14.8 Å². The van der Waals surface area contributed by atoms with E-state index in [-0.39, 0.29) is 11.9 Å². The Balaban J connectivity index is 1.82. The molecule has 134 valence electrons. The third-order valence-corrected chi connectivity index (χ3v) is 3.94. The predicted octanol–water partition coefficient (Wildman–Crippen LogP) is 3.91. The zero-order chi connectivity index (χ0) is 18.2. The quantitative estimate of drug-likeness (QED) is 0.792. The summed E-state index contributed by atoms with van der Waals surface area (Å²) in [5, 5.41) is 2.93. The molecule has 0 bridgehead atoms. The minimum Gasteiger partial charge on any atom is -0.491 e. The molecule has 0 aliphatic carbocycles. The molecule has 0 aromatic heterocycles. The highest BCUT2D eigenvalue weighted by molar-refractivity contribution is 5.81. The van der Waals surface area contributed by atoms with Crippen LogP contribution in [-0.4, -0.2) is 24.7 Å². The van der Waals surface area contributed by atoms with Gasteiger partial charge in [-0.15, -0.1) is 0 Å². The molecule has 0 fully saturated rings. The summed E-state index contributed by atoms with van der Waals surface area (Å²) >= 11 is 0. The van der Waals surface area contributed by atoms with Gasteiger partial charge in [0.05, 0.1) is 6.04 Å². The Morgan fingerprint density at radius 2 is 1.76 bits per heavy atom. The number of hydrogen-bond acceptors (Lipinski definition) is 3. The lowest BCUT2D eigenvalue weighted by atomic mass is 10.1. The molecule has 1 amide bonds. The molecule has 0 radical (unpaired) electrons. The lowest BCUT2D eigenvalue weighted by Gasteiger charge is -2.20. The second kappa shape index (κ2) is 9.11. The Labute approximate surface area is 150 Å². The van der Waals surface area contributed by atoms with Crippen molar-refractivity contribution in [3.05, 3.63) is 59.7 Å². The first-order valence-electron chi connectivity index (χ1n) is 8.74. The number of rotatable bonds is 8. The second-order valence-corrected chi connectivity index (χ2v) is 6.26. The van der Waals surface area contributed by atoms with Crippen LogP contribution in [0.3, 0.4) is 0 Å². The van der Waals surface area contributed by atoms with Crippen LogP contribution in [0.1, 0.15) is 31.9 Å². The molecule has 0 spiro atoms. The van der Waals surface area contributed by atoms with Crippen LogP contribution in [0, 0.1) is 6.92 Å². The Kier molecular flexibility index (Phi) is 6.87. The highest BCUT2D eigenvalue weighted by atomic mass is 16.5. The van der Waals surface area contributed by atoms with Gasteiger partial charge in [0.2, 0.25) is 0 Å². The maximum atomic E-state index is 12.3. The van der Waals surface area contributed by atoms with Gasteiger partial charge in [0.25, 0.3) is 5.91 Å². The molecule has 0 heterocycles. The topological polar surface area (TPSA) is 47.6 Å². The molecule has 0 aliphatic heterocycles. The van der Waals surface area contributed by atoms with E-state index in [9.17, 15) is 4.79 Å². The smallest absolute Gasteiger partial charge is 0.261 e. The van der Waals surface area contributed by atoms with Crippen LogP contribution in [-0.2, 0) is 11.2 Å². The molecule has 0 saturated heterocycles. The van der Waals surface area contributed by atoms with Crippen molar-refractivity contribution in [2.75, 3.05) is 6.61 Å². The molecule has 25 heavy (non-hydrogen) atoms. The molecule has 4 nitrogen and oxygen atoms in total. The van der Waals surface area contributed by atoms with Crippen molar-refractivity contribution >= 4 is 5.91 Å². The van der Waals surface area contributed by atoms with E-state index in [1.807, 2.05) is 62.4 Å². The molecule has 0 aliphatic rings. The van der Waals surface area contributed by atoms with Gasteiger partial charge in [0, 0.05) is 0 Å². The summed E-state index contributed by atoms with van der Waals surface area (Å²) in [7, 11) is 0. The van der Waals surface area contributed by atoms with E-state index in [1.165, 1.54) is 5.56 Å². The summed E-state index contributed by atoms with van der Waals surface area (Å²) in [6.45, 7) is 8.18. The minimum atomic E-state index is -0.561. The highest BCUT2D eigenvalue weighted by Crippen LogP contribution is 2.19. The zero-order valence-electron chi connectivity index (χ0n) is 15.4. The van der Waals surface area contributed by atoms with Crippen LogP contribution in [0.25, 0.3) is 0 Å². The number of carbonyl (C=O) groups is 1. The summed E-state index contributed by atoms with van der Waals surface area (Å²) < 4.78 is 11.5. The molecule has 2 unspecified atom stereocenters. The first-order valence-corrected chi connectivity index (χ1v) is 8.74. The van der Waals surface area contributed by atoms with Gasteiger partial charge in [-0.25, -0.2) is 0 Å². The van der Waals surface area contributed by atoms with E-state index in [0.29, 0.717) is 6.61 Å². The SMILES string of the molecule is CCc1ccccc1OC(C)C(=O)NC(C)COc1ccc(C)cc1. The van der Waals surface area contributed by atoms with Crippen molar-refractivity contribution in [3.8, 4) is 11.5 Å². The lowest BCUT2D eigenvalue weighted by molar-refractivity contribution is -0.128. The number of nitrogens with one attached hydrogen (secondary N) is 1. The van der Waals surface area contributed by atoms with E-state index in [4.69, 9.17) is 9.47 Å². The number of ether oxygens (including phenoxy) is 2. The van der Waals surface area contributed by atoms with Gasteiger partial charge in [0.15, 0.2) is 6.10 Å². The van der Waals surface area contributed by atoms with E-state index < -0.39 is 6.10 Å². The molecular formula is C21H27NO3. The number of amides is 1. The van der Waals surface area contributed by atoms with E-state index in [2.05, 4.69) is 12.2 Å². The third kappa shape index (κ3) is 5.82. The van der Waals surface area contributed by atoms with Gasteiger partial charge in [-0.3, -0.25) is 4.79 Å². The summed E-state index contributed by atoms with van der Waals surface area (Å²) in [6, 6.07) is 15.5. The normalized spacial score (nSPS) is 13.0. The Hall–Kier alpha value is -2.49. The fourth-order valence-corrected chi connectivity index (χ4v) is 2.41. The van der Waals surface area contributed by atoms with E-state index in [1.54, 1.807) is 6.92 Å². The summed E-state index contributed by atoms with van der Waals surface area (Å²) in [5.41, 5.74) is 2.28. The van der Waals surface area contributed by atoms with Gasteiger partial charge in [-0.2, -0.15) is 0 Å². The minimum absolute atomic E-state index is 0.110. The fourth-order valence-electron chi connectivity index (χ4n) is 2.41. The second-order valence-electron chi connectivity index (χ2n) is 6.26. The highest BCUT2D eigenvalue weighted by Gasteiger charge is 2.18. The van der Waals surface area contributed by atoms with E-state index >= 15 is 0 Å². The molecule has 2 aromatic carbocycles. The molecule has 0 saturated carbocycles. The van der Waals surface area contributed by atoms with Crippen LogP contribution >= 0.6 is 0 Å². The lowest BCUT2D eigenvalue weighted by Crippen LogP contribution is -2.43. The Morgan fingerprint density at radius 1 is 1.08 bits per heavy atom. The van der Waals surface area contributed by atoms with Gasteiger partial charge in [-0.1, -0.05) is 42.8 Å². The molecule has 2 rings (SSSR count). The van der Waals surface area contributed by atoms with Crippen molar-refractivity contribution in [3.63, 3.8) is 0 Å². The first kappa shape index (κ1) is 18.8. The van der Waals surface area contributed by atoms with Crippen molar-refractivity contribution in [2.24, 2.45) is 0 Å². The van der Waals surface area contributed by atoms with Gasteiger partial charge in [0.1, 0.15) is 18.1 Å². The van der Waals surface area contributed by atoms with Crippen molar-refractivity contribution in [1.82, 2.24) is 5.32 Å². The molecule has 4 heteroatoms. The largest absolute Gasteiger partial charge is 0.491 e.